The van der Waals surface area contributed by atoms with E-state index < -0.39 is 28.2 Å². The van der Waals surface area contributed by atoms with Crippen LogP contribution in [0.3, 0.4) is 0 Å². The number of imidazole rings is 1. The molecule has 0 aliphatic heterocycles. The minimum Gasteiger partial charge on any atom is -0.465 e. The summed E-state index contributed by atoms with van der Waals surface area (Å²) in [5.74, 6) is 0.459. The monoisotopic (exact) mass is 555 g/mol. The van der Waals surface area contributed by atoms with E-state index in [2.05, 4.69) is 20.3 Å². The minimum atomic E-state index is -4.19. The maximum atomic E-state index is 13.2. The molecule has 10 nitrogen and oxygen atoms in total. The molecule has 0 aliphatic carbocycles. The van der Waals surface area contributed by atoms with Gasteiger partial charge in [-0.1, -0.05) is 66.7 Å². The lowest BCUT2D eigenvalue weighted by Crippen LogP contribution is -2.42. The second kappa shape index (κ2) is 11.3. The van der Waals surface area contributed by atoms with E-state index >= 15 is 0 Å². The highest BCUT2D eigenvalue weighted by molar-refractivity contribution is 7.90. The summed E-state index contributed by atoms with van der Waals surface area (Å²) < 4.78 is 30.4. The molecule has 1 atom stereocenters. The van der Waals surface area contributed by atoms with Gasteiger partial charge in [0.15, 0.2) is 0 Å². The molecule has 0 spiro atoms. The molecule has 4 aromatic carbocycles. The van der Waals surface area contributed by atoms with Crippen molar-refractivity contribution in [1.29, 1.82) is 0 Å². The molecule has 0 bridgehead atoms. The van der Waals surface area contributed by atoms with Crippen molar-refractivity contribution in [3.05, 3.63) is 121 Å². The molecule has 1 unspecified atom stereocenters. The lowest BCUT2D eigenvalue weighted by atomic mass is 10.1. The fraction of sp³-hybridized carbons (Fsp3) is 0.0690. The van der Waals surface area contributed by atoms with Crippen molar-refractivity contribution in [2.75, 3.05) is 5.32 Å². The van der Waals surface area contributed by atoms with Crippen LogP contribution in [0, 0.1) is 0 Å². The normalized spacial score (nSPS) is 12.0. The molecule has 40 heavy (non-hydrogen) atoms. The molecular formula is C29H25N5O5S. The topological polar surface area (TPSA) is 142 Å². The molecule has 5 rings (SSSR count). The van der Waals surface area contributed by atoms with E-state index in [1.807, 2.05) is 36.4 Å². The van der Waals surface area contributed by atoms with Crippen LogP contribution in [-0.2, 0) is 16.4 Å². The van der Waals surface area contributed by atoms with E-state index in [1.54, 1.807) is 71.6 Å². The molecule has 1 aromatic heterocycles. The van der Waals surface area contributed by atoms with Crippen molar-refractivity contribution in [2.24, 2.45) is 0 Å². The molecule has 5 aromatic rings. The maximum absolute atomic E-state index is 13.2. The predicted octanol–water partition coefficient (Wildman–Crippen LogP) is 5.09. The Bertz CT molecular complexity index is 1760. The number of carboxylic acid groups (broad SMARTS) is 1. The summed E-state index contributed by atoms with van der Waals surface area (Å²) in [6.45, 7) is 0. The van der Waals surface area contributed by atoms with Gasteiger partial charge in [0.2, 0.25) is 0 Å². The lowest BCUT2D eigenvalue weighted by Gasteiger charge is -2.21. The first-order chi connectivity index (χ1) is 19.3. The number of carbonyl (C=O) groups is 2. The zero-order chi connectivity index (χ0) is 28.1. The average Bonchev–Trinajstić information content (AvgIpc) is 3.43. The zero-order valence-electron chi connectivity index (χ0n) is 21.1. The van der Waals surface area contributed by atoms with E-state index in [1.165, 1.54) is 6.07 Å². The Morgan fingerprint density at radius 1 is 0.875 bits per heavy atom. The number of amides is 3. The average molecular weight is 556 g/mol. The van der Waals surface area contributed by atoms with E-state index in [9.17, 15) is 18.0 Å². The van der Waals surface area contributed by atoms with Crippen LogP contribution in [0.1, 0.15) is 17.4 Å². The minimum absolute atomic E-state index is 0.00285. The van der Waals surface area contributed by atoms with Gasteiger partial charge in [0.05, 0.1) is 10.9 Å². The van der Waals surface area contributed by atoms with Gasteiger partial charge in [0, 0.05) is 29.2 Å². The number of nitrogens with one attached hydrogen (secondary N) is 3. The first-order valence-corrected chi connectivity index (χ1v) is 13.8. The van der Waals surface area contributed by atoms with Gasteiger partial charge in [0.25, 0.3) is 10.0 Å². The number of hydrogen-bond acceptors (Lipinski definition) is 5. The SMILES string of the molecule is O=C(O)Nc1ccc(-n2ccnc2C(Cc2ccccc2)NC(=O)NS(=O)(=O)c2cccc3ccccc23)cc1. The first kappa shape index (κ1) is 26.4. The second-order valence-electron chi connectivity index (χ2n) is 8.93. The van der Waals surface area contributed by atoms with Crippen LogP contribution in [0.15, 0.2) is 114 Å². The number of nitrogens with zero attached hydrogens (tertiary/aromatic N) is 2. The molecule has 1 heterocycles. The molecule has 0 radical (unpaired) electrons. The molecule has 202 valence electrons. The number of benzene rings is 4. The van der Waals surface area contributed by atoms with Gasteiger partial charge in [-0.2, -0.15) is 0 Å². The van der Waals surface area contributed by atoms with Crippen molar-refractivity contribution in [2.45, 2.75) is 17.4 Å². The lowest BCUT2D eigenvalue weighted by molar-refractivity contribution is 0.209. The van der Waals surface area contributed by atoms with Gasteiger partial charge in [-0.15, -0.1) is 0 Å². The van der Waals surface area contributed by atoms with Crippen molar-refractivity contribution < 1.29 is 23.1 Å². The summed E-state index contributed by atoms with van der Waals surface area (Å²) in [4.78, 5) is 28.6. The first-order valence-electron chi connectivity index (χ1n) is 12.3. The van der Waals surface area contributed by atoms with Crippen LogP contribution in [0.5, 0.6) is 0 Å². The summed E-state index contributed by atoms with van der Waals surface area (Å²) in [6.07, 6.45) is 2.44. The van der Waals surface area contributed by atoms with Crippen molar-refractivity contribution in [3.63, 3.8) is 0 Å². The highest BCUT2D eigenvalue weighted by Crippen LogP contribution is 2.24. The third kappa shape index (κ3) is 5.94. The summed E-state index contributed by atoms with van der Waals surface area (Å²) in [7, 11) is -4.19. The third-order valence-corrected chi connectivity index (χ3v) is 7.62. The molecule has 0 saturated heterocycles. The van der Waals surface area contributed by atoms with E-state index in [0.717, 1.165) is 10.9 Å². The second-order valence-corrected chi connectivity index (χ2v) is 10.6. The number of anilines is 1. The Morgan fingerprint density at radius 3 is 2.33 bits per heavy atom. The van der Waals surface area contributed by atoms with Crippen molar-refractivity contribution in [1.82, 2.24) is 19.6 Å². The molecular weight excluding hydrogens is 530 g/mol. The molecule has 3 amide bonds. The van der Waals surface area contributed by atoms with Gasteiger partial charge in [-0.25, -0.2) is 27.7 Å². The van der Waals surface area contributed by atoms with Crippen LogP contribution in [0.25, 0.3) is 16.5 Å². The maximum Gasteiger partial charge on any atom is 0.409 e. The highest BCUT2D eigenvalue weighted by Gasteiger charge is 2.25. The highest BCUT2D eigenvalue weighted by atomic mass is 32.2. The Balaban J connectivity index is 1.43. The molecule has 0 aliphatic rings. The number of rotatable bonds is 8. The Labute approximate surface area is 230 Å². The summed E-state index contributed by atoms with van der Waals surface area (Å²) in [5, 5.41) is 15.3. The van der Waals surface area contributed by atoms with Gasteiger partial charge >= 0.3 is 12.1 Å². The Hall–Kier alpha value is -5.16. The molecule has 0 fully saturated rings. The Kier molecular flexibility index (Phi) is 7.47. The number of fused-ring (bicyclic) bond motifs is 1. The standard InChI is InChI=1S/C29H25N5O5S/c35-28(33-40(38,39)26-12-6-10-21-9-4-5-11-24(21)26)32-25(19-20-7-2-1-3-8-20)27-30-17-18-34(27)23-15-13-22(14-16-23)31-29(36)37/h1-18,25,31H,19H2,(H,36,37)(H2,32,33,35). The Morgan fingerprint density at radius 2 is 1.57 bits per heavy atom. The van der Waals surface area contributed by atoms with Crippen LogP contribution in [0.2, 0.25) is 0 Å². The fourth-order valence-corrected chi connectivity index (χ4v) is 5.62. The molecule has 11 heteroatoms. The van der Waals surface area contributed by atoms with Gasteiger partial charge in [0.1, 0.15) is 5.82 Å². The predicted molar refractivity (Wildman–Crippen MR) is 151 cm³/mol. The van der Waals surface area contributed by atoms with E-state index in [0.29, 0.717) is 29.0 Å². The zero-order valence-corrected chi connectivity index (χ0v) is 21.9. The van der Waals surface area contributed by atoms with Crippen LogP contribution in [-0.4, -0.2) is 35.2 Å². The number of urea groups is 1. The van der Waals surface area contributed by atoms with Gasteiger partial charge < -0.3 is 15.0 Å². The van der Waals surface area contributed by atoms with Crippen LogP contribution >= 0.6 is 0 Å². The summed E-state index contributed by atoms with van der Waals surface area (Å²) >= 11 is 0. The number of hydrogen-bond donors (Lipinski definition) is 4. The molecule has 0 saturated carbocycles. The van der Waals surface area contributed by atoms with Gasteiger partial charge in [-0.3, -0.25) is 5.32 Å². The van der Waals surface area contributed by atoms with Crippen molar-refractivity contribution in [3.8, 4) is 5.69 Å². The summed E-state index contributed by atoms with van der Waals surface area (Å²) in [6, 6.07) is 26.4. The molecule has 4 N–H and O–H groups in total. The summed E-state index contributed by atoms with van der Waals surface area (Å²) in [5.41, 5.74) is 1.97. The van der Waals surface area contributed by atoms with E-state index in [4.69, 9.17) is 5.11 Å². The van der Waals surface area contributed by atoms with E-state index in [-0.39, 0.29) is 4.90 Å². The third-order valence-electron chi connectivity index (χ3n) is 6.23. The fourth-order valence-electron chi connectivity index (χ4n) is 4.47. The quantitative estimate of drug-likeness (QED) is 0.210. The van der Waals surface area contributed by atoms with Crippen molar-refractivity contribution >= 4 is 38.6 Å². The smallest absolute Gasteiger partial charge is 0.409 e. The largest absolute Gasteiger partial charge is 0.465 e. The number of sulfonamides is 1. The number of carbonyl (C=O) groups excluding carboxylic acids is 1. The van der Waals surface area contributed by atoms with Crippen LogP contribution in [0.4, 0.5) is 15.3 Å². The van der Waals surface area contributed by atoms with Crippen LogP contribution < -0.4 is 15.4 Å². The number of aromatic nitrogens is 2. The van der Waals surface area contributed by atoms with Gasteiger partial charge in [-0.05, 0) is 47.7 Å².